The second kappa shape index (κ2) is 10.1. The molecule has 0 unspecified atom stereocenters. The molecule has 180 valence electrons. The number of aromatic nitrogens is 2. The minimum atomic E-state index is -1.25. The van der Waals surface area contributed by atoms with Crippen molar-refractivity contribution in [2.45, 2.75) is 25.3 Å². The van der Waals surface area contributed by atoms with Crippen LogP contribution in [0.1, 0.15) is 28.2 Å². The van der Waals surface area contributed by atoms with Crippen molar-refractivity contribution in [1.82, 2.24) is 15.0 Å². The summed E-state index contributed by atoms with van der Waals surface area (Å²) in [6.07, 6.45) is 3.46. The number of carboxylic acid groups (broad SMARTS) is 1. The van der Waals surface area contributed by atoms with E-state index in [0.29, 0.717) is 17.7 Å². The lowest BCUT2D eigenvalue weighted by atomic mass is 9.98. The average molecular weight is 480 g/mol. The molecule has 1 N–H and O–H groups in total. The number of aryl methyl sites for hydroxylation is 1. The van der Waals surface area contributed by atoms with E-state index in [4.69, 9.17) is 4.84 Å². The van der Waals surface area contributed by atoms with Gasteiger partial charge in [-0.3, -0.25) is 9.63 Å². The number of hydroxylamine groups is 2. The maximum atomic E-state index is 12.3. The molecule has 3 aromatic carbocycles. The summed E-state index contributed by atoms with van der Waals surface area (Å²) in [7, 11) is 0. The molecule has 1 amide bonds. The molecule has 0 fully saturated rings. The largest absolute Gasteiger partial charge is 0.480 e. The Labute approximate surface area is 209 Å². The van der Waals surface area contributed by atoms with Crippen molar-refractivity contribution >= 4 is 12.4 Å². The third kappa shape index (κ3) is 4.36. The topological polar surface area (TPSA) is 92.6 Å². The Morgan fingerprint density at radius 1 is 1.00 bits per heavy atom. The number of hydrogen-bond donors (Lipinski definition) is 1. The standard InChI is InChI=1S/C29H25N3O4/c1-19-8-2-3-9-21(19)28-20(15-30-17-31-28)14-27(29(34)35)32(18-33)36-16-26-24-12-6-4-10-22(24)23-11-5-7-13-25(23)26/h2-13,15,17-18,26-27H,14,16H2,1H3,(H,34,35)/t27-/m1/s1. The number of carboxylic acids is 1. The van der Waals surface area contributed by atoms with Crippen LogP contribution in [0.5, 0.6) is 0 Å². The van der Waals surface area contributed by atoms with Gasteiger partial charge in [0, 0.05) is 24.1 Å². The Morgan fingerprint density at radius 3 is 2.22 bits per heavy atom. The van der Waals surface area contributed by atoms with E-state index >= 15 is 0 Å². The van der Waals surface area contributed by atoms with Gasteiger partial charge in [-0.2, -0.15) is 0 Å². The second-order valence-electron chi connectivity index (χ2n) is 8.76. The molecule has 1 aliphatic carbocycles. The molecular formula is C29H25N3O4. The van der Waals surface area contributed by atoms with Gasteiger partial charge in [0.2, 0.25) is 6.41 Å². The van der Waals surface area contributed by atoms with Gasteiger partial charge in [-0.05, 0) is 40.3 Å². The SMILES string of the molecule is Cc1ccccc1-c1ncncc1C[C@H](C(=O)O)N(C=O)OCC1c2ccccc2-c2ccccc21. The van der Waals surface area contributed by atoms with E-state index in [0.717, 1.165) is 38.4 Å². The minimum Gasteiger partial charge on any atom is -0.480 e. The summed E-state index contributed by atoms with van der Waals surface area (Å²) in [5.41, 5.74) is 7.58. The number of rotatable bonds is 9. The summed E-state index contributed by atoms with van der Waals surface area (Å²) < 4.78 is 0. The van der Waals surface area contributed by atoms with Gasteiger partial charge in [-0.15, -0.1) is 0 Å². The van der Waals surface area contributed by atoms with Crippen molar-refractivity contribution in [3.63, 3.8) is 0 Å². The quantitative estimate of drug-likeness (QED) is 0.278. The van der Waals surface area contributed by atoms with Gasteiger partial charge in [-0.25, -0.2) is 19.8 Å². The number of nitrogens with zero attached hydrogens (tertiary/aromatic N) is 3. The zero-order valence-electron chi connectivity index (χ0n) is 19.7. The number of benzene rings is 3. The van der Waals surface area contributed by atoms with Crippen molar-refractivity contribution < 1.29 is 19.5 Å². The van der Waals surface area contributed by atoms with Gasteiger partial charge in [0.25, 0.3) is 0 Å². The van der Waals surface area contributed by atoms with Crippen LogP contribution in [-0.4, -0.2) is 45.2 Å². The van der Waals surface area contributed by atoms with Crippen LogP contribution < -0.4 is 0 Å². The van der Waals surface area contributed by atoms with Crippen molar-refractivity contribution in [2.24, 2.45) is 0 Å². The van der Waals surface area contributed by atoms with E-state index in [9.17, 15) is 14.7 Å². The van der Waals surface area contributed by atoms with Crippen LogP contribution >= 0.6 is 0 Å². The van der Waals surface area contributed by atoms with Gasteiger partial charge in [-0.1, -0.05) is 72.8 Å². The Balaban J connectivity index is 1.40. The molecule has 36 heavy (non-hydrogen) atoms. The smallest absolute Gasteiger partial charge is 0.329 e. The minimum absolute atomic E-state index is 0.00355. The summed E-state index contributed by atoms with van der Waals surface area (Å²) in [5, 5.41) is 10.9. The number of hydrogen-bond acceptors (Lipinski definition) is 5. The van der Waals surface area contributed by atoms with E-state index in [1.807, 2.05) is 67.6 Å². The maximum Gasteiger partial charge on any atom is 0.329 e. The highest BCUT2D eigenvalue weighted by atomic mass is 16.7. The predicted octanol–water partition coefficient (Wildman–Crippen LogP) is 4.65. The first kappa shape index (κ1) is 23.4. The van der Waals surface area contributed by atoms with E-state index < -0.39 is 12.0 Å². The fourth-order valence-electron chi connectivity index (χ4n) is 4.88. The summed E-state index contributed by atoms with van der Waals surface area (Å²) in [4.78, 5) is 38.8. The van der Waals surface area contributed by atoms with Crippen molar-refractivity contribution in [3.05, 3.63) is 108 Å². The van der Waals surface area contributed by atoms with E-state index in [2.05, 4.69) is 22.1 Å². The predicted molar refractivity (Wildman–Crippen MR) is 135 cm³/mol. The Morgan fingerprint density at radius 2 is 1.61 bits per heavy atom. The van der Waals surface area contributed by atoms with Crippen LogP contribution in [0.15, 0.2) is 85.3 Å². The van der Waals surface area contributed by atoms with Gasteiger partial charge in [0.1, 0.15) is 6.33 Å². The molecular weight excluding hydrogens is 454 g/mol. The third-order valence-electron chi connectivity index (χ3n) is 6.65. The highest BCUT2D eigenvalue weighted by Gasteiger charge is 2.32. The van der Waals surface area contributed by atoms with Crippen LogP contribution in [0.25, 0.3) is 22.4 Å². The fourth-order valence-corrected chi connectivity index (χ4v) is 4.88. The summed E-state index contributed by atoms with van der Waals surface area (Å²) in [6.45, 7) is 2.10. The molecule has 0 aliphatic heterocycles. The molecule has 0 spiro atoms. The fraction of sp³-hybridized carbons (Fsp3) is 0.172. The molecule has 4 aromatic rings. The highest BCUT2D eigenvalue weighted by Crippen LogP contribution is 2.44. The normalized spacial score (nSPS) is 13.0. The van der Waals surface area contributed by atoms with Crippen molar-refractivity contribution in [2.75, 3.05) is 6.61 Å². The van der Waals surface area contributed by atoms with Crippen LogP contribution in [0.3, 0.4) is 0 Å². The maximum absolute atomic E-state index is 12.3. The Kier molecular flexibility index (Phi) is 6.56. The molecule has 0 radical (unpaired) electrons. The lowest BCUT2D eigenvalue weighted by Crippen LogP contribution is -2.42. The monoisotopic (exact) mass is 479 g/mol. The van der Waals surface area contributed by atoms with Crippen LogP contribution in [0.4, 0.5) is 0 Å². The number of carbonyl (C=O) groups is 2. The first-order valence-electron chi connectivity index (χ1n) is 11.7. The number of fused-ring (bicyclic) bond motifs is 3. The molecule has 1 aliphatic rings. The Bertz CT molecular complexity index is 1380. The first-order valence-corrected chi connectivity index (χ1v) is 11.7. The summed E-state index contributed by atoms with van der Waals surface area (Å²) in [6, 6.07) is 22.6. The van der Waals surface area contributed by atoms with Gasteiger partial charge >= 0.3 is 5.97 Å². The third-order valence-corrected chi connectivity index (χ3v) is 6.65. The van der Waals surface area contributed by atoms with Crippen LogP contribution in [0, 0.1) is 6.92 Å². The lowest BCUT2D eigenvalue weighted by molar-refractivity contribution is -0.196. The van der Waals surface area contributed by atoms with Gasteiger partial charge < -0.3 is 5.11 Å². The highest BCUT2D eigenvalue weighted by molar-refractivity contribution is 5.79. The summed E-state index contributed by atoms with van der Waals surface area (Å²) in [5.74, 6) is -1.29. The Hall–Kier alpha value is -4.36. The molecule has 0 saturated heterocycles. The first-order chi connectivity index (χ1) is 17.6. The average Bonchev–Trinajstić information content (AvgIpc) is 3.22. The van der Waals surface area contributed by atoms with Crippen molar-refractivity contribution in [1.29, 1.82) is 0 Å². The molecule has 1 heterocycles. The van der Waals surface area contributed by atoms with Gasteiger partial charge in [0.15, 0.2) is 6.04 Å². The van der Waals surface area contributed by atoms with E-state index in [1.54, 1.807) is 6.20 Å². The van der Waals surface area contributed by atoms with E-state index in [-0.39, 0.29) is 18.9 Å². The molecule has 0 saturated carbocycles. The molecule has 1 aromatic heterocycles. The molecule has 5 rings (SSSR count). The zero-order chi connectivity index (χ0) is 25.1. The lowest BCUT2D eigenvalue weighted by Gasteiger charge is -2.26. The molecule has 7 heteroatoms. The second-order valence-corrected chi connectivity index (χ2v) is 8.76. The van der Waals surface area contributed by atoms with Crippen LogP contribution in [-0.2, 0) is 20.8 Å². The number of carbonyl (C=O) groups excluding carboxylic acids is 1. The van der Waals surface area contributed by atoms with E-state index in [1.165, 1.54) is 6.33 Å². The number of aliphatic carboxylic acids is 1. The van der Waals surface area contributed by atoms with Gasteiger partial charge in [0.05, 0.1) is 12.3 Å². The molecule has 1 atom stereocenters. The molecule has 7 nitrogen and oxygen atoms in total. The summed E-state index contributed by atoms with van der Waals surface area (Å²) >= 11 is 0. The number of amides is 1. The van der Waals surface area contributed by atoms with Crippen molar-refractivity contribution in [3.8, 4) is 22.4 Å². The zero-order valence-corrected chi connectivity index (χ0v) is 19.7. The molecule has 0 bridgehead atoms. The van der Waals surface area contributed by atoms with Crippen LogP contribution in [0.2, 0.25) is 0 Å².